The van der Waals surface area contributed by atoms with E-state index < -0.39 is 28.3 Å². The van der Waals surface area contributed by atoms with Crippen molar-refractivity contribution < 1.29 is 27.5 Å². The van der Waals surface area contributed by atoms with Crippen molar-refractivity contribution in [2.24, 2.45) is 0 Å². The van der Waals surface area contributed by atoms with Gasteiger partial charge in [0.05, 0.1) is 35.4 Å². The molecule has 1 fully saturated rings. The number of benzene rings is 2. The number of pyridine rings is 1. The first-order valence-electron chi connectivity index (χ1n) is 12.7. The molecule has 198 valence electrons. The van der Waals surface area contributed by atoms with E-state index in [0.717, 1.165) is 34.6 Å². The molecule has 0 bridgehead atoms. The number of aromatic nitrogens is 1. The number of rotatable bonds is 7. The number of ether oxygens (including phenoxy) is 2. The van der Waals surface area contributed by atoms with Crippen LogP contribution in [-0.2, 0) is 25.8 Å². The van der Waals surface area contributed by atoms with Crippen LogP contribution in [0.1, 0.15) is 46.9 Å². The Morgan fingerprint density at radius 2 is 1.87 bits per heavy atom. The maximum Gasteiger partial charge on any atom is 0.339 e. The van der Waals surface area contributed by atoms with Crippen LogP contribution in [0.4, 0.5) is 0 Å². The summed E-state index contributed by atoms with van der Waals surface area (Å²) in [7, 11) is -1.51. The van der Waals surface area contributed by atoms with Crippen LogP contribution in [0, 0.1) is 0 Å². The summed E-state index contributed by atoms with van der Waals surface area (Å²) in [5, 5.41) is 0.684. The third kappa shape index (κ3) is 5.15. The highest BCUT2D eigenvalue weighted by atomic mass is 32.2. The van der Waals surface area contributed by atoms with Crippen molar-refractivity contribution in [3.05, 3.63) is 70.9 Å². The standard InChI is InChI=1S/C29H30N2O6S/c1-3-31(21-14-15-38(34,35)18-21)26(32)17-37-29(33)27-23-6-4-5-7-25(23)30-28-20(10-13-24(27)28)16-19-8-11-22(36-2)12-9-19/h4-9,11-12,16,21H,3,10,13-15,17-18H2,1-2H3/b20-16+. The van der Waals surface area contributed by atoms with Crippen molar-refractivity contribution in [3.8, 4) is 5.75 Å². The lowest BCUT2D eigenvalue weighted by atomic mass is 10.0. The van der Waals surface area contributed by atoms with Gasteiger partial charge < -0.3 is 14.4 Å². The fourth-order valence-corrected chi connectivity index (χ4v) is 7.09. The predicted molar refractivity (Wildman–Crippen MR) is 146 cm³/mol. The smallest absolute Gasteiger partial charge is 0.339 e. The maximum absolute atomic E-state index is 13.4. The zero-order valence-corrected chi connectivity index (χ0v) is 22.3. The van der Waals surface area contributed by atoms with Gasteiger partial charge in [0, 0.05) is 18.0 Å². The summed E-state index contributed by atoms with van der Waals surface area (Å²) in [5.74, 6) is -0.166. The second kappa shape index (κ2) is 10.6. The Morgan fingerprint density at radius 3 is 2.55 bits per heavy atom. The van der Waals surface area contributed by atoms with Crippen LogP contribution in [0.5, 0.6) is 5.75 Å². The van der Waals surface area contributed by atoms with Crippen LogP contribution < -0.4 is 4.74 Å². The number of carbonyl (C=O) groups excluding carboxylic acids is 2. The van der Waals surface area contributed by atoms with E-state index in [9.17, 15) is 18.0 Å². The van der Waals surface area contributed by atoms with E-state index in [2.05, 4.69) is 6.08 Å². The predicted octanol–water partition coefficient (Wildman–Crippen LogP) is 3.92. The summed E-state index contributed by atoms with van der Waals surface area (Å²) in [6, 6.07) is 14.8. The molecule has 5 rings (SSSR count). The molecular weight excluding hydrogens is 504 g/mol. The van der Waals surface area contributed by atoms with Gasteiger partial charge in [-0.1, -0.05) is 30.3 Å². The van der Waals surface area contributed by atoms with Crippen molar-refractivity contribution in [2.75, 3.05) is 31.8 Å². The van der Waals surface area contributed by atoms with Crippen LogP contribution in [0.15, 0.2) is 48.5 Å². The molecule has 3 aromatic rings. The van der Waals surface area contributed by atoms with E-state index in [1.807, 2.05) is 48.5 Å². The van der Waals surface area contributed by atoms with Gasteiger partial charge in [-0.15, -0.1) is 0 Å². The van der Waals surface area contributed by atoms with Crippen LogP contribution in [0.3, 0.4) is 0 Å². The molecule has 0 spiro atoms. The van der Waals surface area contributed by atoms with Gasteiger partial charge in [-0.3, -0.25) is 4.79 Å². The number of allylic oxidation sites excluding steroid dienone is 1. The number of carbonyl (C=O) groups is 2. The Hall–Kier alpha value is -3.72. The largest absolute Gasteiger partial charge is 0.497 e. The number of methoxy groups -OCH3 is 1. The summed E-state index contributed by atoms with van der Waals surface area (Å²) >= 11 is 0. The molecule has 1 aromatic heterocycles. The Morgan fingerprint density at radius 1 is 1.11 bits per heavy atom. The summed E-state index contributed by atoms with van der Waals surface area (Å²) in [4.78, 5) is 32.8. The minimum atomic E-state index is -3.14. The van der Waals surface area contributed by atoms with Gasteiger partial charge in [0.2, 0.25) is 0 Å². The van der Waals surface area contributed by atoms with Gasteiger partial charge in [0.15, 0.2) is 16.4 Å². The van der Waals surface area contributed by atoms with Gasteiger partial charge in [-0.25, -0.2) is 18.2 Å². The van der Waals surface area contributed by atoms with Crippen LogP contribution in [-0.4, -0.2) is 68.0 Å². The van der Waals surface area contributed by atoms with Crippen molar-refractivity contribution in [3.63, 3.8) is 0 Å². The maximum atomic E-state index is 13.4. The van der Waals surface area contributed by atoms with Crippen LogP contribution in [0.2, 0.25) is 0 Å². The van der Waals surface area contributed by atoms with Gasteiger partial charge in [-0.2, -0.15) is 0 Å². The quantitative estimate of drug-likeness (QED) is 0.423. The number of nitrogens with zero attached hydrogens (tertiary/aromatic N) is 2. The topological polar surface area (TPSA) is 103 Å². The number of amides is 1. The first-order valence-corrected chi connectivity index (χ1v) is 14.6. The SMILES string of the molecule is CCN(C(=O)COC(=O)c1c2c(nc3ccccc13)/C(=C/c1ccc(OC)cc1)CC2)C1CCS(=O)(=O)C1. The lowest BCUT2D eigenvalue weighted by molar-refractivity contribution is -0.136. The average Bonchev–Trinajstić information content (AvgIpc) is 3.48. The zero-order chi connectivity index (χ0) is 26.9. The van der Waals surface area contributed by atoms with E-state index in [0.29, 0.717) is 35.9 Å². The molecule has 38 heavy (non-hydrogen) atoms. The van der Waals surface area contributed by atoms with Crippen molar-refractivity contribution in [1.29, 1.82) is 0 Å². The van der Waals surface area contributed by atoms with E-state index in [1.54, 1.807) is 14.0 Å². The molecule has 8 nitrogen and oxygen atoms in total. The Balaban J connectivity index is 1.42. The lowest BCUT2D eigenvalue weighted by Gasteiger charge is -2.26. The number of fused-ring (bicyclic) bond motifs is 2. The molecule has 1 aliphatic carbocycles. The molecule has 1 saturated heterocycles. The van der Waals surface area contributed by atoms with Gasteiger partial charge in [0.1, 0.15) is 5.75 Å². The van der Waals surface area contributed by atoms with Crippen LogP contribution >= 0.6 is 0 Å². The minimum absolute atomic E-state index is 0.0493. The number of hydrogen-bond donors (Lipinski definition) is 0. The fourth-order valence-electron chi connectivity index (χ4n) is 5.36. The molecule has 0 saturated carbocycles. The summed E-state index contributed by atoms with van der Waals surface area (Å²) in [6.45, 7) is 1.71. The third-order valence-electron chi connectivity index (χ3n) is 7.24. The number of para-hydroxylation sites is 1. The normalized spacial score (nSPS) is 18.9. The van der Waals surface area contributed by atoms with Crippen molar-refractivity contribution in [2.45, 2.75) is 32.2 Å². The second-order valence-electron chi connectivity index (χ2n) is 9.59. The Labute approximate surface area is 222 Å². The fraction of sp³-hybridized carbons (Fsp3) is 0.345. The van der Waals surface area contributed by atoms with E-state index in [4.69, 9.17) is 14.5 Å². The number of sulfone groups is 1. The van der Waals surface area contributed by atoms with E-state index >= 15 is 0 Å². The minimum Gasteiger partial charge on any atom is -0.497 e. The highest BCUT2D eigenvalue weighted by Crippen LogP contribution is 2.38. The van der Waals surface area contributed by atoms with Crippen molar-refractivity contribution in [1.82, 2.24) is 9.88 Å². The third-order valence-corrected chi connectivity index (χ3v) is 8.99. The molecule has 1 atom stereocenters. The van der Waals surface area contributed by atoms with E-state index in [1.165, 1.54) is 4.90 Å². The van der Waals surface area contributed by atoms with Gasteiger partial charge >= 0.3 is 5.97 Å². The molecule has 0 radical (unpaired) electrons. The summed E-state index contributed by atoms with van der Waals surface area (Å²) in [6.07, 6.45) is 3.83. The first-order chi connectivity index (χ1) is 18.3. The zero-order valence-electron chi connectivity index (χ0n) is 21.5. The Bertz CT molecular complexity index is 1530. The van der Waals surface area contributed by atoms with Crippen molar-refractivity contribution >= 4 is 44.3 Å². The number of hydrogen-bond acceptors (Lipinski definition) is 7. The number of likely N-dealkylation sites (N-methyl/N-ethyl adjacent to an activating group) is 1. The monoisotopic (exact) mass is 534 g/mol. The highest BCUT2D eigenvalue weighted by Gasteiger charge is 2.34. The molecule has 2 heterocycles. The molecule has 1 aliphatic heterocycles. The highest BCUT2D eigenvalue weighted by molar-refractivity contribution is 7.91. The molecule has 9 heteroatoms. The summed E-state index contributed by atoms with van der Waals surface area (Å²) < 4.78 is 34.6. The molecule has 2 aliphatic rings. The van der Waals surface area contributed by atoms with Gasteiger partial charge in [-0.05, 0) is 67.2 Å². The molecule has 2 aromatic carbocycles. The van der Waals surface area contributed by atoms with Crippen LogP contribution in [0.25, 0.3) is 22.6 Å². The lowest BCUT2D eigenvalue weighted by Crippen LogP contribution is -2.43. The molecule has 1 amide bonds. The summed E-state index contributed by atoms with van der Waals surface area (Å²) in [5.41, 5.74) is 4.73. The van der Waals surface area contributed by atoms with Gasteiger partial charge in [0.25, 0.3) is 5.91 Å². The average molecular weight is 535 g/mol. The number of esters is 1. The molecule has 1 unspecified atom stereocenters. The Kier molecular flexibility index (Phi) is 7.21. The van der Waals surface area contributed by atoms with E-state index in [-0.39, 0.29) is 17.5 Å². The second-order valence-corrected chi connectivity index (χ2v) is 11.8. The molecule has 0 N–H and O–H groups in total. The molecular formula is C29H30N2O6S. The first kappa shape index (κ1) is 25.9.